The second-order valence-corrected chi connectivity index (χ2v) is 7.10. The highest BCUT2D eigenvalue weighted by Gasteiger charge is 2.40. The van der Waals surface area contributed by atoms with Gasteiger partial charge in [-0.3, -0.25) is 19.7 Å². The number of nitrogens with one attached hydrogen (secondary N) is 1. The van der Waals surface area contributed by atoms with Gasteiger partial charge in [-0.05, 0) is 49.5 Å². The molecular formula is C18H22N2O5. The van der Waals surface area contributed by atoms with Crippen molar-refractivity contribution in [2.75, 3.05) is 11.9 Å². The van der Waals surface area contributed by atoms with Gasteiger partial charge < -0.3 is 10.1 Å². The Kier molecular flexibility index (Phi) is 5.01. The van der Waals surface area contributed by atoms with Crippen molar-refractivity contribution in [3.05, 3.63) is 33.9 Å². The van der Waals surface area contributed by atoms with Crippen LogP contribution in [0.4, 0.5) is 11.4 Å². The summed E-state index contributed by atoms with van der Waals surface area (Å²) in [6.45, 7) is 1.36. The van der Waals surface area contributed by atoms with Crippen LogP contribution in [0.5, 0.6) is 0 Å². The zero-order valence-corrected chi connectivity index (χ0v) is 14.2. The van der Waals surface area contributed by atoms with Gasteiger partial charge in [0.25, 0.3) is 11.6 Å². The number of nitro benzene ring substituents is 1. The minimum absolute atomic E-state index is 0.103. The van der Waals surface area contributed by atoms with Gasteiger partial charge >= 0.3 is 5.97 Å². The number of fused-ring (bicyclic) bond motifs is 2. The van der Waals surface area contributed by atoms with Gasteiger partial charge in [-0.15, -0.1) is 0 Å². The van der Waals surface area contributed by atoms with Gasteiger partial charge in [0.05, 0.1) is 10.6 Å². The maximum Gasteiger partial charge on any atom is 0.306 e. The van der Waals surface area contributed by atoms with Crippen molar-refractivity contribution < 1.29 is 19.2 Å². The number of anilines is 1. The van der Waals surface area contributed by atoms with Gasteiger partial charge in [0.2, 0.25) is 0 Å². The first-order valence-corrected chi connectivity index (χ1v) is 8.63. The van der Waals surface area contributed by atoms with Crippen LogP contribution < -0.4 is 5.32 Å². The Morgan fingerprint density at radius 3 is 2.76 bits per heavy atom. The van der Waals surface area contributed by atoms with Crippen molar-refractivity contribution in [1.29, 1.82) is 0 Å². The van der Waals surface area contributed by atoms with Crippen molar-refractivity contribution >= 4 is 23.3 Å². The number of amides is 1. The molecule has 0 radical (unpaired) electrons. The summed E-state index contributed by atoms with van der Waals surface area (Å²) >= 11 is 0. The first-order chi connectivity index (χ1) is 11.9. The fourth-order valence-electron chi connectivity index (χ4n) is 4.09. The summed E-state index contributed by atoms with van der Waals surface area (Å²) < 4.78 is 5.08. The molecule has 1 aromatic carbocycles. The quantitative estimate of drug-likeness (QED) is 0.484. The van der Waals surface area contributed by atoms with Crippen molar-refractivity contribution in [3.63, 3.8) is 0 Å². The summed E-state index contributed by atoms with van der Waals surface area (Å²) in [5, 5.41) is 13.4. The van der Waals surface area contributed by atoms with E-state index in [0.717, 1.165) is 12.3 Å². The molecule has 1 amide bonds. The van der Waals surface area contributed by atoms with Gasteiger partial charge in [0.15, 0.2) is 6.61 Å². The van der Waals surface area contributed by atoms with Crippen LogP contribution in [0, 0.1) is 34.8 Å². The predicted molar refractivity (Wildman–Crippen MR) is 91.0 cm³/mol. The topological polar surface area (TPSA) is 98.5 Å². The molecule has 0 aliphatic heterocycles. The fourth-order valence-corrected chi connectivity index (χ4v) is 4.09. The number of carbonyl (C=O) groups excluding carboxylic acids is 2. The molecule has 3 rings (SSSR count). The minimum atomic E-state index is -0.523. The molecule has 0 unspecified atom stereocenters. The Morgan fingerprint density at radius 1 is 1.32 bits per heavy atom. The summed E-state index contributed by atoms with van der Waals surface area (Å²) in [5.74, 6) is 0.962. The summed E-state index contributed by atoms with van der Waals surface area (Å²) in [4.78, 5) is 34.2. The molecule has 0 saturated heterocycles. The lowest BCUT2D eigenvalue weighted by Gasteiger charge is -2.20. The van der Waals surface area contributed by atoms with Crippen LogP contribution in [0.3, 0.4) is 0 Å². The van der Waals surface area contributed by atoms with Gasteiger partial charge in [-0.25, -0.2) is 0 Å². The lowest BCUT2D eigenvalue weighted by molar-refractivity contribution is -0.384. The molecule has 3 atom stereocenters. The van der Waals surface area contributed by atoms with Gasteiger partial charge in [-0.1, -0.05) is 12.5 Å². The summed E-state index contributed by atoms with van der Waals surface area (Å²) in [6, 6.07) is 4.24. The number of nitrogens with zero attached hydrogens (tertiary/aromatic N) is 1. The number of hydrogen-bond acceptors (Lipinski definition) is 5. The van der Waals surface area contributed by atoms with Crippen molar-refractivity contribution in [2.24, 2.45) is 17.8 Å². The third-order valence-corrected chi connectivity index (χ3v) is 5.38. The number of aryl methyl sites for hydroxylation is 1. The monoisotopic (exact) mass is 346 g/mol. The van der Waals surface area contributed by atoms with Gasteiger partial charge in [-0.2, -0.15) is 0 Å². The summed E-state index contributed by atoms with van der Waals surface area (Å²) in [5.41, 5.74) is 0.949. The summed E-state index contributed by atoms with van der Waals surface area (Å²) in [7, 11) is 0. The predicted octanol–water partition coefficient (Wildman–Crippen LogP) is 3.21. The molecule has 7 nitrogen and oxygen atoms in total. The number of carbonyl (C=O) groups is 2. The largest absolute Gasteiger partial charge is 0.456 e. The van der Waals surface area contributed by atoms with Crippen molar-refractivity contribution in [1.82, 2.24) is 0 Å². The summed E-state index contributed by atoms with van der Waals surface area (Å²) in [6.07, 6.45) is 5.18. The number of hydrogen-bond donors (Lipinski definition) is 1. The van der Waals surface area contributed by atoms with E-state index in [1.807, 2.05) is 0 Å². The molecule has 2 aliphatic rings. The molecule has 0 aromatic heterocycles. The Balaban J connectivity index is 1.47. The van der Waals surface area contributed by atoms with Crippen LogP contribution in [0.2, 0.25) is 0 Å². The first-order valence-electron chi connectivity index (χ1n) is 8.63. The zero-order valence-electron chi connectivity index (χ0n) is 14.2. The highest BCUT2D eigenvalue weighted by atomic mass is 16.6. The number of benzene rings is 1. The van der Waals surface area contributed by atoms with E-state index in [2.05, 4.69) is 5.32 Å². The second-order valence-electron chi connectivity index (χ2n) is 7.10. The van der Waals surface area contributed by atoms with E-state index < -0.39 is 10.8 Å². The van der Waals surface area contributed by atoms with Crippen LogP contribution in [0.1, 0.15) is 37.7 Å². The molecule has 1 aromatic rings. The smallest absolute Gasteiger partial charge is 0.306 e. The van der Waals surface area contributed by atoms with Crippen LogP contribution >= 0.6 is 0 Å². The van der Waals surface area contributed by atoms with E-state index >= 15 is 0 Å². The van der Waals surface area contributed by atoms with E-state index in [-0.39, 0.29) is 18.3 Å². The molecule has 2 bridgehead atoms. The number of nitro groups is 1. The highest BCUT2D eigenvalue weighted by molar-refractivity contribution is 5.93. The van der Waals surface area contributed by atoms with E-state index in [4.69, 9.17) is 4.74 Å². The van der Waals surface area contributed by atoms with E-state index in [9.17, 15) is 19.7 Å². The van der Waals surface area contributed by atoms with Crippen LogP contribution in [-0.2, 0) is 14.3 Å². The number of rotatable bonds is 6. The molecule has 7 heteroatoms. The Bertz CT molecular complexity index is 703. The third-order valence-electron chi connectivity index (χ3n) is 5.38. The number of esters is 1. The maximum atomic E-state index is 12.0. The Morgan fingerprint density at radius 2 is 2.12 bits per heavy atom. The van der Waals surface area contributed by atoms with E-state index in [1.165, 1.54) is 31.4 Å². The maximum absolute atomic E-state index is 12.0. The highest BCUT2D eigenvalue weighted by Crippen LogP contribution is 2.49. The second kappa shape index (κ2) is 7.21. The molecular weight excluding hydrogens is 324 g/mol. The van der Waals surface area contributed by atoms with Gasteiger partial charge in [0.1, 0.15) is 0 Å². The first kappa shape index (κ1) is 17.4. The minimum Gasteiger partial charge on any atom is -0.456 e. The molecule has 2 aliphatic carbocycles. The molecule has 25 heavy (non-hydrogen) atoms. The molecule has 1 N–H and O–H groups in total. The normalized spacial score (nSPS) is 24.1. The zero-order chi connectivity index (χ0) is 18.0. The average Bonchev–Trinajstić information content (AvgIpc) is 3.17. The fraction of sp³-hybridized carbons (Fsp3) is 0.556. The van der Waals surface area contributed by atoms with E-state index in [0.29, 0.717) is 29.5 Å². The standard InChI is InChI=1S/C18H22N2O5/c1-11-2-5-15(20(23)24)9-16(11)19-17(21)10-25-18(22)8-14-7-12-3-4-13(14)6-12/h2,5,9,12-14H,3-4,6-8,10H2,1H3,(H,19,21)/t12-,13-,14-/m1/s1. The molecule has 2 saturated carbocycles. The van der Waals surface area contributed by atoms with E-state index in [1.54, 1.807) is 13.0 Å². The number of non-ortho nitro benzene ring substituents is 1. The van der Waals surface area contributed by atoms with Crippen LogP contribution in [0.15, 0.2) is 18.2 Å². The van der Waals surface area contributed by atoms with Crippen LogP contribution in [-0.4, -0.2) is 23.4 Å². The molecule has 0 heterocycles. The average molecular weight is 346 g/mol. The SMILES string of the molecule is Cc1ccc([N+](=O)[O-])cc1NC(=O)COC(=O)C[C@H]1C[C@@H]2CC[C@@H]1C2. The van der Waals surface area contributed by atoms with Crippen LogP contribution in [0.25, 0.3) is 0 Å². The number of ether oxygens (including phenoxy) is 1. The lowest BCUT2D eigenvalue weighted by atomic mass is 9.86. The molecule has 2 fully saturated rings. The van der Waals surface area contributed by atoms with Crippen molar-refractivity contribution in [3.8, 4) is 0 Å². The third kappa shape index (κ3) is 4.15. The van der Waals surface area contributed by atoms with Crippen molar-refractivity contribution in [2.45, 2.75) is 39.0 Å². The Labute approximate surface area is 145 Å². The Hall–Kier alpha value is -2.44. The molecule has 134 valence electrons. The van der Waals surface area contributed by atoms with Gasteiger partial charge in [0, 0.05) is 18.6 Å². The lowest BCUT2D eigenvalue weighted by Crippen LogP contribution is -2.23. The molecule has 0 spiro atoms.